The molecule has 0 radical (unpaired) electrons. The molecule has 12 rings (SSSR count). The van der Waals surface area contributed by atoms with Gasteiger partial charge >= 0.3 is 0 Å². The number of piperidine rings is 4. The fourth-order valence-electron chi connectivity index (χ4n) is 13.1. The monoisotopic (exact) mass is 980 g/mol. The van der Waals surface area contributed by atoms with Crippen LogP contribution < -0.4 is 20.4 Å². The summed E-state index contributed by atoms with van der Waals surface area (Å²) in [5.74, 6) is 1.22. The van der Waals surface area contributed by atoms with E-state index in [2.05, 4.69) is 79.9 Å². The molecule has 2 aliphatic carbocycles. The summed E-state index contributed by atoms with van der Waals surface area (Å²) >= 11 is 0. The Morgan fingerprint density at radius 2 is 1.56 bits per heavy atom. The van der Waals surface area contributed by atoms with Crippen molar-refractivity contribution >= 4 is 57.9 Å². The summed E-state index contributed by atoms with van der Waals surface area (Å²) < 4.78 is 7.86. The second-order valence-electron chi connectivity index (χ2n) is 22.7. The van der Waals surface area contributed by atoms with Crippen LogP contribution in [0.1, 0.15) is 121 Å². The third-order valence-corrected chi connectivity index (χ3v) is 17.9. The molecule has 4 aromatic rings. The van der Waals surface area contributed by atoms with E-state index in [1.165, 1.54) is 0 Å². The molecular formula is C55H69N11O6. The maximum atomic E-state index is 15.3. The number of carbonyl (C=O) groups excluding carboxylic acids is 5. The van der Waals surface area contributed by atoms with Crippen molar-refractivity contribution in [1.82, 2.24) is 39.5 Å². The van der Waals surface area contributed by atoms with Crippen LogP contribution in [-0.4, -0.2) is 147 Å². The van der Waals surface area contributed by atoms with Crippen LogP contribution in [0.3, 0.4) is 0 Å². The van der Waals surface area contributed by atoms with Crippen LogP contribution in [0.5, 0.6) is 0 Å². The van der Waals surface area contributed by atoms with Gasteiger partial charge in [0.2, 0.25) is 29.5 Å². The SMILES string of the molecule is CC(C)n1cnc2cc(-c3ccc4c(c3)N([C@H]3C[C@@H](N5CCOCC5)C3)C(=O)C43CCN(C(=O)C4(C)CCN(C(=O)C5CCN(c6ccc(C7CCC(=O)NC7=O)cn6)CC5)CC4)CC3)nc(NC3CC3)c21. The number of morpholine rings is 1. The minimum Gasteiger partial charge on any atom is -0.379 e. The Morgan fingerprint density at radius 1 is 0.819 bits per heavy atom. The van der Waals surface area contributed by atoms with Crippen molar-refractivity contribution in [2.75, 3.05) is 80.7 Å². The van der Waals surface area contributed by atoms with E-state index in [1.54, 1.807) is 6.20 Å². The predicted molar refractivity (Wildman–Crippen MR) is 272 cm³/mol. The Morgan fingerprint density at radius 3 is 2.24 bits per heavy atom. The molecule has 5 saturated heterocycles. The first-order chi connectivity index (χ1) is 34.9. The highest BCUT2D eigenvalue weighted by Crippen LogP contribution is 2.53. The Balaban J connectivity index is 0.705. The van der Waals surface area contributed by atoms with E-state index in [0.717, 1.165) is 116 Å². The molecule has 1 unspecified atom stereocenters. The number of fused-ring (bicyclic) bond motifs is 3. The molecular weight excluding hydrogens is 911 g/mol. The molecule has 17 nitrogen and oxygen atoms in total. The van der Waals surface area contributed by atoms with Crippen molar-refractivity contribution in [2.45, 2.75) is 133 Å². The van der Waals surface area contributed by atoms with Gasteiger partial charge in [0.05, 0.1) is 42.1 Å². The van der Waals surface area contributed by atoms with Crippen LogP contribution in [0, 0.1) is 11.3 Å². The van der Waals surface area contributed by atoms with Gasteiger partial charge in [-0.3, -0.25) is 34.2 Å². The molecule has 0 bridgehead atoms. The molecule has 2 N–H and O–H groups in total. The molecule has 1 aromatic carbocycles. The highest BCUT2D eigenvalue weighted by molar-refractivity contribution is 6.09. The molecule has 3 aromatic heterocycles. The zero-order valence-corrected chi connectivity index (χ0v) is 42.1. The van der Waals surface area contributed by atoms with Crippen molar-refractivity contribution < 1.29 is 28.7 Å². The summed E-state index contributed by atoms with van der Waals surface area (Å²) in [6.07, 6.45) is 12.4. The lowest BCUT2D eigenvalue weighted by Crippen LogP contribution is -2.59. The normalized spacial score (nSPS) is 25.8. The average molecular weight is 980 g/mol. The van der Waals surface area contributed by atoms with Gasteiger partial charge in [-0.1, -0.05) is 25.1 Å². The molecule has 1 atom stereocenters. The van der Waals surface area contributed by atoms with E-state index in [1.807, 2.05) is 28.3 Å². The number of ether oxygens (including phenoxy) is 1. The third-order valence-electron chi connectivity index (χ3n) is 17.9. The van der Waals surface area contributed by atoms with Crippen molar-refractivity contribution in [3.05, 3.63) is 60.0 Å². The summed E-state index contributed by atoms with van der Waals surface area (Å²) in [6, 6.07) is 13.7. The molecule has 5 amide bonds. The zero-order chi connectivity index (χ0) is 49.5. The van der Waals surface area contributed by atoms with E-state index in [4.69, 9.17) is 14.7 Å². The number of pyridine rings is 2. The number of imidazole rings is 1. The number of anilines is 3. The van der Waals surface area contributed by atoms with Crippen LogP contribution >= 0.6 is 0 Å². The summed E-state index contributed by atoms with van der Waals surface area (Å²) in [4.78, 5) is 93.4. The largest absolute Gasteiger partial charge is 0.379 e. The van der Waals surface area contributed by atoms with Gasteiger partial charge in [-0.05, 0) is 114 Å². The Bertz CT molecular complexity index is 2770. The molecule has 6 aliphatic heterocycles. The summed E-state index contributed by atoms with van der Waals surface area (Å²) in [5, 5.41) is 6.12. The topological polar surface area (TPSA) is 178 Å². The third kappa shape index (κ3) is 8.41. The van der Waals surface area contributed by atoms with Crippen LogP contribution in [0.25, 0.3) is 22.3 Å². The number of rotatable bonds is 10. The number of benzene rings is 1. The van der Waals surface area contributed by atoms with Gasteiger partial charge < -0.3 is 34.2 Å². The van der Waals surface area contributed by atoms with Crippen LogP contribution in [0.15, 0.2) is 48.9 Å². The second kappa shape index (κ2) is 18.5. The number of amides is 5. The number of aromatic nitrogens is 4. The minimum atomic E-state index is -0.706. The van der Waals surface area contributed by atoms with Crippen LogP contribution in [0.4, 0.5) is 17.3 Å². The van der Waals surface area contributed by atoms with Crippen molar-refractivity contribution in [2.24, 2.45) is 11.3 Å². The lowest BCUT2D eigenvalue weighted by molar-refractivity contribution is -0.150. The number of likely N-dealkylation sites (tertiary alicyclic amines) is 2. The molecule has 9 heterocycles. The van der Waals surface area contributed by atoms with E-state index in [9.17, 15) is 19.2 Å². The Labute approximate surface area is 421 Å². The zero-order valence-electron chi connectivity index (χ0n) is 42.1. The fraction of sp³-hybridized carbons (Fsp3) is 0.600. The molecule has 380 valence electrons. The molecule has 17 heteroatoms. The first-order valence-electron chi connectivity index (χ1n) is 26.9. The minimum absolute atomic E-state index is 0.0775. The Kier molecular flexibility index (Phi) is 12.1. The number of hydrogen-bond acceptors (Lipinski definition) is 12. The van der Waals surface area contributed by atoms with E-state index in [0.29, 0.717) is 89.9 Å². The Hall–Kier alpha value is -5.94. The van der Waals surface area contributed by atoms with Crippen LogP contribution in [0.2, 0.25) is 0 Å². The summed E-state index contributed by atoms with van der Waals surface area (Å²) in [5.41, 5.74) is 5.32. The van der Waals surface area contributed by atoms with Gasteiger partial charge in [0.15, 0.2) is 5.82 Å². The van der Waals surface area contributed by atoms with Gasteiger partial charge in [-0.25, -0.2) is 15.0 Å². The quantitative estimate of drug-likeness (QED) is 0.183. The maximum Gasteiger partial charge on any atom is 0.238 e. The molecule has 8 aliphatic rings. The lowest BCUT2D eigenvalue weighted by Gasteiger charge is -2.48. The predicted octanol–water partition coefficient (Wildman–Crippen LogP) is 5.78. The van der Waals surface area contributed by atoms with Gasteiger partial charge in [-0.2, -0.15) is 0 Å². The number of imide groups is 1. The standard InChI is InChI=1S/C55H69N11O6/c1-34(2)65-33-57-44-31-43(59-49(48(44)65)58-38-6-7-38)36-4-9-42-45(28-36)66(40-29-39(30-40)61-24-26-72-27-25-61)53(71)55(42)16-22-64(23-17-55)52(70)54(3)14-20-63(21-15-54)51(69)35-12-18-62(19-13-35)46-10-5-37(32-56-46)41-8-11-47(67)60-50(41)68/h4-5,9-10,28,31-35,38-41H,6-8,11-27,29-30H2,1-3H3,(H,58,59)(H,60,67,68)/t39-,40+,41?. The van der Waals surface area contributed by atoms with Crippen molar-refractivity contribution in [3.8, 4) is 11.3 Å². The van der Waals surface area contributed by atoms with E-state index >= 15 is 4.79 Å². The van der Waals surface area contributed by atoms with E-state index < -0.39 is 10.8 Å². The van der Waals surface area contributed by atoms with Gasteiger partial charge in [0.25, 0.3) is 0 Å². The van der Waals surface area contributed by atoms with Crippen LogP contribution in [-0.2, 0) is 34.1 Å². The van der Waals surface area contributed by atoms with Gasteiger partial charge in [0, 0.05) is 112 Å². The highest BCUT2D eigenvalue weighted by atomic mass is 16.5. The number of nitrogens with one attached hydrogen (secondary N) is 2. The van der Waals surface area contributed by atoms with Crippen molar-refractivity contribution in [1.29, 1.82) is 0 Å². The van der Waals surface area contributed by atoms with Gasteiger partial charge in [-0.15, -0.1) is 0 Å². The van der Waals surface area contributed by atoms with Gasteiger partial charge in [0.1, 0.15) is 11.3 Å². The lowest BCUT2D eigenvalue weighted by atomic mass is 9.72. The first kappa shape index (κ1) is 47.1. The van der Waals surface area contributed by atoms with Crippen molar-refractivity contribution in [3.63, 3.8) is 0 Å². The molecule has 1 spiro atoms. The second-order valence-corrected chi connectivity index (χ2v) is 22.7. The highest BCUT2D eigenvalue weighted by Gasteiger charge is 2.57. The summed E-state index contributed by atoms with van der Waals surface area (Å²) in [6.45, 7) is 13.3. The number of carbonyl (C=O) groups is 5. The smallest absolute Gasteiger partial charge is 0.238 e. The van der Waals surface area contributed by atoms with E-state index in [-0.39, 0.29) is 53.5 Å². The fourth-order valence-corrected chi connectivity index (χ4v) is 13.1. The number of nitrogens with zero attached hydrogens (tertiary/aromatic N) is 9. The molecule has 72 heavy (non-hydrogen) atoms. The molecule has 7 fully saturated rings. The first-order valence-corrected chi connectivity index (χ1v) is 26.9. The summed E-state index contributed by atoms with van der Waals surface area (Å²) in [7, 11) is 0. The average Bonchev–Trinajstić information content (AvgIpc) is 4.05. The maximum absolute atomic E-state index is 15.3. The molecule has 2 saturated carbocycles. The number of hydrogen-bond donors (Lipinski definition) is 2.